The molecular weight excluding hydrogens is 795 g/mol. The van der Waals surface area contributed by atoms with E-state index in [1.165, 1.54) is 0 Å². The SMILES string of the molecule is CC1CC(=O)Nc2ccc(cc2)C[C@@H](C(=O)NCc2ccc(C(=N)N)cc2)NC(=O)[C@H](NS(=O)(=O)Cc2ccccc2)Cc2ccc(cc2)NC(=O)CC(C)N2CCN1CC2. The molecule has 5 heterocycles. The third-order valence-electron chi connectivity index (χ3n) is 11.1. The molecule has 0 radical (unpaired) electrons. The van der Waals surface area contributed by atoms with Crippen LogP contribution in [0.5, 0.6) is 0 Å². The van der Waals surface area contributed by atoms with Crippen LogP contribution in [-0.4, -0.2) is 98.0 Å². The van der Waals surface area contributed by atoms with Crippen molar-refractivity contribution < 1.29 is 27.6 Å². The van der Waals surface area contributed by atoms with Crippen LogP contribution in [0.4, 0.5) is 11.4 Å². The van der Waals surface area contributed by atoms with E-state index in [1.54, 1.807) is 103 Å². The first-order valence-electron chi connectivity index (χ1n) is 20.5. The molecule has 9 rings (SSSR count). The maximum Gasteiger partial charge on any atom is 0.243 e. The summed E-state index contributed by atoms with van der Waals surface area (Å²) < 4.78 is 29.8. The predicted octanol–water partition coefficient (Wildman–Crippen LogP) is 3.11. The fraction of sp³-hybridized carbons (Fsp3) is 0.356. The molecule has 4 aromatic carbocycles. The van der Waals surface area contributed by atoms with Gasteiger partial charge in [-0.2, -0.15) is 0 Å². The molecule has 5 aliphatic heterocycles. The Balaban J connectivity index is 1.28. The molecule has 61 heavy (non-hydrogen) atoms. The Bertz CT molecular complexity index is 2270. The average molecular weight is 850 g/mol. The number of nitrogens with one attached hydrogen (secondary N) is 6. The van der Waals surface area contributed by atoms with Crippen molar-refractivity contribution in [1.82, 2.24) is 25.2 Å². The van der Waals surface area contributed by atoms with Gasteiger partial charge in [0.15, 0.2) is 0 Å². The quantitative estimate of drug-likeness (QED) is 0.102. The zero-order chi connectivity index (χ0) is 43.5. The highest BCUT2D eigenvalue weighted by Gasteiger charge is 2.30. The van der Waals surface area contributed by atoms with Crippen LogP contribution < -0.4 is 31.7 Å². The van der Waals surface area contributed by atoms with Crippen molar-refractivity contribution in [3.8, 4) is 0 Å². The number of rotatable bonds is 8. The van der Waals surface area contributed by atoms with Gasteiger partial charge in [0.2, 0.25) is 33.7 Å². The lowest BCUT2D eigenvalue weighted by atomic mass is 10.0. The number of hydrogen-bond acceptors (Lipinski definition) is 9. The van der Waals surface area contributed by atoms with Gasteiger partial charge < -0.3 is 27.0 Å². The highest BCUT2D eigenvalue weighted by molar-refractivity contribution is 7.88. The van der Waals surface area contributed by atoms with Crippen LogP contribution in [0.2, 0.25) is 0 Å². The number of benzene rings is 4. The van der Waals surface area contributed by atoms with Crippen molar-refractivity contribution in [2.75, 3.05) is 36.8 Å². The molecule has 4 aromatic rings. The van der Waals surface area contributed by atoms with E-state index in [1.807, 2.05) is 13.8 Å². The van der Waals surface area contributed by atoms with Crippen molar-refractivity contribution in [3.05, 3.63) is 131 Å². The van der Waals surface area contributed by atoms with Gasteiger partial charge in [0.05, 0.1) is 5.75 Å². The van der Waals surface area contributed by atoms with Gasteiger partial charge in [-0.05, 0) is 66.8 Å². The van der Waals surface area contributed by atoms with Gasteiger partial charge in [0, 0.05) is 81.0 Å². The number of nitrogens with two attached hydrogens (primary N) is 1. The summed E-state index contributed by atoms with van der Waals surface area (Å²) in [6, 6.07) is 26.9. The fourth-order valence-corrected chi connectivity index (χ4v) is 8.93. The zero-order valence-corrected chi connectivity index (χ0v) is 35.3. The summed E-state index contributed by atoms with van der Waals surface area (Å²) in [5, 5.41) is 19.3. The standard InChI is InChI=1S/C45H55N9O6S/c1-30-24-41(55)49-37-16-10-32(11-17-37)26-39(44(57)48-28-34-8-14-36(15-9-34)43(46)47)51-45(58)40(52-61(59,60)29-35-6-4-3-5-7-35)27-33-12-18-38(19-13-33)50-42(56)25-31(2)54-22-20-53(30)21-23-54/h3-19,30-31,39-40,52H,20-29H2,1-2H3,(H3,46,47)(H,48,57)(H,49,55)(H,50,56)(H,51,58)/t30?,31?,39-,40+/m0/s1. The number of carbonyl (C=O) groups excluding carboxylic acids is 4. The maximum absolute atomic E-state index is 14.3. The maximum atomic E-state index is 14.3. The number of nitrogen functional groups attached to an aromatic ring is 1. The Morgan fingerprint density at radius 1 is 0.705 bits per heavy atom. The summed E-state index contributed by atoms with van der Waals surface area (Å²) in [5.41, 5.74) is 9.85. The third-order valence-corrected chi connectivity index (χ3v) is 12.5. The molecule has 16 heteroatoms. The van der Waals surface area contributed by atoms with Gasteiger partial charge in [-0.15, -0.1) is 0 Å². The van der Waals surface area contributed by atoms with Gasteiger partial charge in [-0.3, -0.25) is 34.4 Å². The van der Waals surface area contributed by atoms with Crippen molar-refractivity contribution in [2.45, 2.75) is 76.0 Å². The van der Waals surface area contributed by atoms with Crippen LogP contribution in [0.25, 0.3) is 0 Å². The minimum Gasteiger partial charge on any atom is -0.384 e. The van der Waals surface area contributed by atoms with Gasteiger partial charge >= 0.3 is 0 Å². The molecule has 5 aliphatic rings. The van der Waals surface area contributed by atoms with E-state index in [0.29, 0.717) is 40.0 Å². The fourth-order valence-electron chi connectivity index (χ4n) is 7.59. The summed E-state index contributed by atoms with van der Waals surface area (Å²) >= 11 is 0. The van der Waals surface area contributed by atoms with Gasteiger partial charge in [-0.1, -0.05) is 78.9 Å². The summed E-state index contributed by atoms with van der Waals surface area (Å²) in [5.74, 6) is -1.96. The smallest absolute Gasteiger partial charge is 0.243 e. The second-order valence-electron chi connectivity index (χ2n) is 15.9. The highest BCUT2D eigenvalue weighted by Crippen LogP contribution is 2.19. The molecule has 8 N–H and O–H groups in total. The van der Waals surface area contributed by atoms with E-state index < -0.39 is 33.9 Å². The third kappa shape index (κ3) is 13.3. The second-order valence-corrected chi connectivity index (χ2v) is 17.6. The van der Waals surface area contributed by atoms with Gasteiger partial charge in [0.25, 0.3) is 0 Å². The van der Waals surface area contributed by atoms with Crippen molar-refractivity contribution in [3.63, 3.8) is 0 Å². The Kier molecular flexibility index (Phi) is 15.0. The summed E-state index contributed by atoms with van der Waals surface area (Å²) in [6.45, 7) is 7.27. The zero-order valence-electron chi connectivity index (χ0n) is 34.5. The van der Waals surface area contributed by atoms with Crippen molar-refractivity contribution in [1.29, 1.82) is 5.41 Å². The van der Waals surface area contributed by atoms with Crippen LogP contribution in [0.15, 0.2) is 103 Å². The van der Waals surface area contributed by atoms with E-state index >= 15 is 0 Å². The van der Waals surface area contributed by atoms with Crippen molar-refractivity contribution in [2.24, 2.45) is 5.73 Å². The summed E-state index contributed by atoms with van der Waals surface area (Å²) in [4.78, 5) is 59.1. The first kappa shape index (κ1) is 44.6. The highest BCUT2D eigenvalue weighted by atomic mass is 32.2. The molecule has 0 saturated carbocycles. The Labute approximate surface area is 357 Å². The molecule has 0 aromatic heterocycles. The number of sulfonamides is 1. The Morgan fingerprint density at radius 3 is 1.72 bits per heavy atom. The molecule has 4 atom stereocenters. The monoisotopic (exact) mass is 849 g/mol. The molecule has 1 fully saturated rings. The van der Waals surface area contributed by atoms with Crippen molar-refractivity contribution >= 4 is 50.9 Å². The Morgan fingerprint density at radius 2 is 1.21 bits per heavy atom. The topological polar surface area (TPSA) is 219 Å². The number of nitrogens with zero attached hydrogens (tertiary/aromatic N) is 2. The molecule has 4 amide bonds. The molecule has 15 nitrogen and oxygen atoms in total. The normalized spacial score (nSPS) is 23.1. The van der Waals surface area contributed by atoms with Gasteiger partial charge in [0.1, 0.15) is 17.9 Å². The van der Waals surface area contributed by atoms with E-state index in [0.717, 1.165) is 31.7 Å². The van der Waals surface area contributed by atoms with E-state index in [9.17, 15) is 27.6 Å². The Hall–Kier alpha value is -5.94. The first-order chi connectivity index (χ1) is 29.2. The number of fused-ring (bicyclic) bond motifs is 3. The first-order valence-corrected chi connectivity index (χ1v) is 22.2. The molecule has 322 valence electrons. The molecule has 0 aliphatic carbocycles. The lowest BCUT2D eigenvalue weighted by Gasteiger charge is -2.40. The molecule has 2 unspecified atom stereocenters. The predicted molar refractivity (Wildman–Crippen MR) is 236 cm³/mol. The number of amidine groups is 1. The van der Waals surface area contributed by atoms with Crippen LogP contribution in [0, 0.1) is 5.41 Å². The summed E-state index contributed by atoms with van der Waals surface area (Å²) in [7, 11) is -4.07. The number of carbonyl (C=O) groups is 4. The molecule has 6 bridgehead atoms. The number of piperazine rings is 1. The number of hydrogen-bond donors (Lipinski definition) is 7. The second kappa shape index (κ2) is 20.5. The van der Waals surface area contributed by atoms with E-state index in [-0.39, 0.29) is 61.3 Å². The lowest BCUT2D eigenvalue weighted by Crippen LogP contribution is -2.55. The van der Waals surface area contributed by atoms with E-state index in [2.05, 4.69) is 35.8 Å². The molecule has 1 saturated heterocycles. The minimum atomic E-state index is -4.07. The van der Waals surface area contributed by atoms with Gasteiger partial charge in [-0.25, -0.2) is 13.1 Å². The van der Waals surface area contributed by atoms with Crippen LogP contribution in [0.3, 0.4) is 0 Å². The number of amides is 4. The summed E-state index contributed by atoms with van der Waals surface area (Å²) in [6.07, 6.45) is 0.570. The molecular formula is C45H55N9O6S. The van der Waals surface area contributed by atoms with Crippen LogP contribution in [0.1, 0.15) is 54.5 Å². The van der Waals surface area contributed by atoms with Crippen LogP contribution in [-0.2, 0) is 54.3 Å². The molecule has 0 spiro atoms. The largest absolute Gasteiger partial charge is 0.384 e. The minimum absolute atomic E-state index is 0.00292. The van der Waals surface area contributed by atoms with E-state index in [4.69, 9.17) is 11.1 Å². The number of anilines is 2. The lowest BCUT2D eigenvalue weighted by molar-refractivity contribution is -0.129. The average Bonchev–Trinajstić information content (AvgIpc) is 3.23. The van der Waals surface area contributed by atoms with Crippen LogP contribution >= 0.6 is 0 Å².